The van der Waals surface area contributed by atoms with E-state index in [1.807, 2.05) is 35.6 Å². The summed E-state index contributed by atoms with van der Waals surface area (Å²) in [5.74, 6) is 2.66. The summed E-state index contributed by atoms with van der Waals surface area (Å²) in [5.41, 5.74) is 4.42. The number of hydrogen-bond donors (Lipinski definition) is 0. The lowest BCUT2D eigenvalue weighted by atomic mass is 9.93. The molecule has 33 heavy (non-hydrogen) atoms. The summed E-state index contributed by atoms with van der Waals surface area (Å²) < 4.78 is 0. The Hall–Kier alpha value is -3.28. The molecular weight excluding hydrogens is 410 g/mol. The molecule has 1 fully saturated rings. The number of amides is 1. The van der Waals surface area contributed by atoms with Crippen molar-refractivity contribution in [3.05, 3.63) is 66.1 Å². The number of anilines is 2. The Morgan fingerprint density at radius 3 is 2.64 bits per heavy atom. The highest BCUT2D eigenvalue weighted by molar-refractivity contribution is 6.00. The van der Waals surface area contributed by atoms with E-state index in [1.54, 1.807) is 0 Å². The monoisotopic (exact) mass is 441 g/mol. The minimum absolute atomic E-state index is 0.140. The number of carbonyl (C=O) groups is 1. The van der Waals surface area contributed by atoms with Gasteiger partial charge in [-0.05, 0) is 48.8 Å². The van der Waals surface area contributed by atoms with Gasteiger partial charge < -0.3 is 4.90 Å². The van der Waals surface area contributed by atoms with Crippen molar-refractivity contribution in [2.45, 2.75) is 45.4 Å². The summed E-state index contributed by atoms with van der Waals surface area (Å²) in [7, 11) is 0. The first-order valence-electron chi connectivity index (χ1n) is 12.0. The maximum Gasteiger partial charge on any atom is 0.232 e. The van der Waals surface area contributed by atoms with Gasteiger partial charge in [-0.2, -0.15) is 0 Å². The Morgan fingerprint density at radius 2 is 1.88 bits per heavy atom. The van der Waals surface area contributed by atoms with Crippen LogP contribution in [0.4, 0.5) is 11.5 Å². The average Bonchev–Trinajstić information content (AvgIpc) is 3.17. The van der Waals surface area contributed by atoms with E-state index < -0.39 is 0 Å². The molecule has 0 aliphatic carbocycles. The Morgan fingerprint density at radius 1 is 1.06 bits per heavy atom. The topological polar surface area (TPSA) is 62.2 Å². The normalized spacial score (nSPS) is 16.5. The maximum absolute atomic E-state index is 12.8. The van der Waals surface area contributed by atoms with Crippen LogP contribution in [0.5, 0.6) is 0 Å². The summed E-state index contributed by atoms with van der Waals surface area (Å²) in [6.07, 6.45) is 9.29. The molecule has 1 aromatic carbocycles. The maximum atomic E-state index is 12.8. The molecule has 0 bridgehead atoms. The fourth-order valence-electron chi connectivity index (χ4n) is 5.03. The van der Waals surface area contributed by atoms with Crippen molar-refractivity contribution in [1.82, 2.24) is 15.0 Å². The Labute approximate surface area is 195 Å². The largest absolute Gasteiger partial charge is 0.370 e. The van der Waals surface area contributed by atoms with Crippen molar-refractivity contribution in [1.29, 1.82) is 0 Å². The zero-order valence-corrected chi connectivity index (χ0v) is 19.4. The van der Waals surface area contributed by atoms with Crippen LogP contribution in [0.25, 0.3) is 11.4 Å². The number of carbonyl (C=O) groups excluding carboxylic acids is 1. The van der Waals surface area contributed by atoms with E-state index in [-0.39, 0.29) is 5.91 Å². The highest BCUT2D eigenvalue weighted by Gasteiger charge is 2.31. The molecule has 5 rings (SSSR count). The van der Waals surface area contributed by atoms with Gasteiger partial charge in [0.15, 0.2) is 5.82 Å². The van der Waals surface area contributed by atoms with Crippen molar-refractivity contribution in [3.63, 3.8) is 0 Å². The van der Waals surface area contributed by atoms with Gasteiger partial charge in [-0.3, -0.25) is 14.7 Å². The van der Waals surface area contributed by atoms with E-state index in [0.29, 0.717) is 24.1 Å². The molecule has 3 aromatic rings. The molecule has 0 unspecified atom stereocenters. The second-order valence-corrected chi connectivity index (χ2v) is 9.44. The van der Waals surface area contributed by atoms with Crippen LogP contribution in [0.1, 0.15) is 50.2 Å². The third-order valence-corrected chi connectivity index (χ3v) is 6.95. The smallest absolute Gasteiger partial charge is 0.232 e. The van der Waals surface area contributed by atoms with Crippen LogP contribution < -0.4 is 9.80 Å². The quantitative estimate of drug-likeness (QED) is 0.547. The Kier molecular flexibility index (Phi) is 6.07. The SMILES string of the molecule is CC(C)c1ccccc1-c1ncc2c(n1)N(CCC1CCN(c3cccnc3)CC1)C(=O)C2. The van der Waals surface area contributed by atoms with E-state index in [9.17, 15) is 4.79 Å². The first-order chi connectivity index (χ1) is 16.1. The number of hydrogen-bond acceptors (Lipinski definition) is 5. The predicted molar refractivity (Wildman–Crippen MR) is 131 cm³/mol. The van der Waals surface area contributed by atoms with Crippen LogP contribution >= 0.6 is 0 Å². The Balaban J connectivity index is 1.27. The van der Waals surface area contributed by atoms with Crippen molar-refractivity contribution in [2.75, 3.05) is 29.4 Å². The molecule has 0 saturated carbocycles. The molecule has 1 amide bonds. The van der Waals surface area contributed by atoms with Gasteiger partial charge in [0.05, 0.1) is 18.3 Å². The van der Waals surface area contributed by atoms with E-state index in [4.69, 9.17) is 4.98 Å². The van der Waals surface area contributed by atoms with Crippen molar-refractivity contribution in [3.8, 4) is 11.4 Å². The molecule has 0 N–H and O–H groups in total. The molecule has 0 spiro atoms. The molecule has 6 heteroatoms. The van der Waals surface area contributed by atoms with Gasteiger partial charge in [0.2, 0.25) is 5.91 Å². The number of aromatic nitrogens is 3. The Bertz CT molecular complexity index is 1120. The van der Waals surface area contributed by atoms with Crippen LogP contribution in [0.3, 0.4) is 0 Å². The lowest BCUT2D eigenvalue weighted by Crippen LogP contribution is -2.36. The minimum atomic E-state index is 0.140. The number of rotatable bonds is 6. The zero-order chi connectivity index (χ0) is 22.8. The molecule has 2 aromatic heterocycles. The van der Waals surface area contributed by atoms with E-state index >= 15 is 0 Å². The molecule has 170 valence electrons. The average molecular weight is 442 g/mol. The summed E-state index contributed by atoms with van der Waals surface area (Å²) in [5, 5.41) is 0. The molecule has 6 nitrogen and oxygen atoms in total. The standard InChI is InChI=1S/C27H31N5O/c1-19(2)23-7-3-4-8-24(23)26-29-17-21-16-25(33)32(27(21)30-26)15-11-20-9-13-31(14-10-20)22-6-5-12-28-18-22/h3-8,12,17-20H,9-11,13-16H2,1-2H3. The zero-order valence-electron chi connectivity index (χ0n) is 19.4. The second kappa shape index (κ2) is 9.30. The minimum Gasteiger partial charge on any atom is -0.370 e. The van der Waals surface area contributed by atoms with Gasteiger partial charge >= 0.3 is 0 Å². The van der Waals surface area contributed by atoms with Gasteiger partial charge in [0.25, 0.3) is 0 Å². The highest BCUT2D eigenvalue weighted by Crippen LogP contribution is 2.33. The lowest BCUT2D eigenvalue weighted by molar-refractivity contribution is -0.117. The van der Waals surface area contributed by atoms with Gasteiger partial charge in [-0.25, -0.2) is 9.97 Å². The molecule has 4 heterocycles. The molecule has 2 aliphatic heterocycles. The number of benzene rings is 1. The van der Waals surface area contributed by atoms with Crippen LogP contribution in [-0.2, 0) is 11.2 Å². The third kappa shape index (κ3) is 4.47. The van der Waals surface area contributed by atoms with Gasteiger partial charge in [0.1, 0.15) is 5.82 Å². The van der Waals surface area contributed by atoms with Crippen LogP contribution in [-0.4, -0.2) is 40.5 Å². The summed E-state index contributed by atoms with van der Waals surface area (Å²) in [4.78, 5) is 30.9. The van der Waals surface area contributed by atoms with Gasteiger partial charge in [0, 0.05) is 43.2 Å². The van der Waals surface area contributed by atoms with E-state index in [0.717, 1.165) is 55.8 Å². The van der Waals surface area contributed by atoms with Crippen LogP contribution in [0, 0.1) is 5.92 Å². The number of pyridine rings is 1. The van der Waals surface area contributed by atoms with Crippen LogP contribution in [0.15, 0.2) is 55.0 Å². The second-order valence-electron chi connectivity index (χ2n) is 9.44. The third-order valence-electron chi connectivity index (χ3n) is 6.95. The molecular formula is C27H31N5O. The van der Waals surface area contributed by atoms with Gasteiger partial charge in [-0.15, -0.1) is 0 Å². The molecule has 0 radical (unpaired) electrons. The number of piperidine rings is 1. The molecule has 0 atom stereocenters. The van der Waals surface area contributed by atoms with Crippen molar-refractivity contribution >= 4 is 17.4 Å². The van der Waals surface area contributed by atoms with E-state index in [2.05, 4.69) is 53.0 Å². The fraction of sp³-hybridized carbons (Fsp3) is 0.407. The first kappa shape index (κ1) is 21.6. The van der Waals surface area contributed by atoms with Crippen molar-refractivity contribution < 1.29 is 4.79 Å². The summed E-state index contributed by atoms with van der Waals surface area (Å²) >= 11 is 0. The van der Waals surface area contributed by atoms with Gasteiger partial charge in [-0.1, -0.05) is 38.1 Å². The van der Waals surface area contributed by atoms with E-state index in [1.165, 1.54) is 11.3 Å². The fourth-order valence-corrected chi connectivity index (χ4v) is 5.03. The highest BCUT2D eigenvalue weighted by atomic mass is 16.2. The molecule has 2 aliphatic rings. The lowest BCUT2D eigenvalue weighted by Gasteiger charge is -2.34. The summed E-state index contributed by atoms with van der Waals surface area (Å²) in [6.45, 7) is 7.17. The number of fused-ring (bicyclic) bond motifs is 1. The number of nitrogens with zero attached hydrogens (tertiary/aromatic N) is 5. The predicted octanol–water partition coefficient (Wildman–Crippen LogP) is 4.86. The first-order valence-corrected chi connectivity index (χ1v) is 12.0. The summed E-state index contributed by atoms with van der Waals surface area (Å²) in [6, 6.07) is 12.4. The molecule has 1 saturated heterocycles. The van der Waals surface area contributed by atoms with Crippen LogP contribution in [0.2, 0.25) is 0 Å². The van der Waals surface area contributed by atoms with Crippen molar-refractivity contribution in [2.24, 2.45) is 5.92 Å².